The summed E-state index contributed by atoms with van der Waals surface area (Å²) in [5.41, 5.74) is -0.0795. The summed E-state index contributed by atoms with van der Waals surface area (Å²) >= 11 is 0. The first-order chi connectivity index (χ1) is 9.43. The minimum Gasteiger partial charge on any atom is -0.339 e. The fourth-order valence-corrected chi connectivity index (χ4v) is 3.10. The zero-order chi connectivity index (χ0) is 14.4. The van der Waals surface area contributed by atoms with Crippen LogP contribution in [0.15, 0.2) is 4.52 Å². The maximum Gasteiger partial charge on any atom is 0.248 e. The number of hydrogen-bond acceptors (Lipinski definition) is 4. The van der Waals surface area contributed by atoms with Gasteiger partial charge in [-0.25, -0.2) is 8.78 Å². The first kappa shape index (κ1) is 13.9. The molecule has 1 saturated carbocycles. The number of halogens is 2. The zero-order valence-corrected chi connectivity index (χ0v) is 12.0. The Bertz CT molecular complexity index is 473. The van der Waals surface area contributed by atoms with Crippen LogP contribution < -0.4 is 5.32 Å². The summed E-state index contributed by atoms with van der Waals surface area (Å²) in [7, 11) is 0. The van der Waals surface area contributed by atoms with Gasteiger partial charge >= 0.3 is 0 Å². The summed E-state index contributed by atoms with van der Waals surface area (Å²) in [6.45, 7) is 5.97. The van der Waals surface area contributed by atoms with Crippen molar-refractivity contribution in [3.8, 4) is 0 Å². The lowest BCUT2D eigenvalue weighted by Gasteiger charge is -2.42. The van der Waals surface area contributed by atoms with Crippen molar-refractivity contribution in [1.29, 1.82) is 0 Å². The van der Waals surface area contributed by atoms with Gasteiger partial charge in [-0.05, 0) is 18.8 Å². The Labute approximate surface area is 117 Å². The average molecular weight is 285 g/mol. The molecule has 1 N–H and O–H groups in total. The molecular formula is C14H21F2N3O. The molecule has 112 valence electrons. The highest BCUT2D eigenvalue weighted by Gasteiger charge is 2.47. The van der Waals surface area contributed by atoms with Crippen molar-refractivity contribution < 1.29 is 13.3 Å². The molecule has 0 aromatic carbocycles. The number of nitrogens with zero attached hydrogens (tertiary/aromatic N) is 2. The molecule has 0 amide bonds. The van der Waals surface area contributed by atoms with Gasteiger partial charge in [-0.2, -0.15) is 4.98 Å². The number of hydrogen-bond donors (Lipinski definition) is 1. The van der Waals surface area contributed by atoms with E-state index in [0.717, 1.165) is 13.1 Å². The molecular weight excluding hydrogens is 264 g/mol. The summed E-state index contributed by atoms with van der Waals surface area (Å²) in [6, 6.07) is 0. The van der Waals surface area contributed by atoms with Gasteiger partial charge in [0.15, 0.2) is 5.82 Å². The van der Waals surface area contributed by atoms with Gasteiger partial charge in [-0.1, -0.05) is 19.0 Å². The standard InChI is InChI=1S/C14H21F2N3O/c1-9(2)13(7-17-8-13)12-18-11(19-20-12)10-3-5-14(15,16)6-4-10/h9-10,17H,3-8H2,1-2H3. The smallest absolute Gasteiger partial charge is 0.248 e. The Balaban J connectivity index is 1.74. The average Bonchev–Trinajstić information content (AvgIpc) is 2.76. The van der Waals surface area contributed by atoms with Crippen molar-refractivity contribution in [2.24, 2.45) is 5.92 Å². The van der Waals surface area contributed by atoms with E-state index in [1.165, 1.54) is 0 Å². The number of nitrogens with one attached hydrogen (secondary N) is 1. The van der Waals surface area contributed by atoms with E-state index in [0.29, 0.717) is 30.5 Å². The lowest BCUT2D eigenvalue weighted by atomic mass is 9.72. The summed E-state index contributed by atoms with van der Waals surface area (Å²) in [6.07, 6.45) is 0.745. The molecule has 1 aromatic rings. The first-order valence-corrected chi connectivity index (χ1v) is 7.36. The van der Waals surface area contributed by atoms with Crippen molar-refractivity contribution in [2.45, 2.75) is 56.8 Å². The summed E-state index contributed by atoms with van der Waals surface area (Å²) in [5, 5.41) is 7.31. The molecule has 1 saturated heterocycles. The van der Waals surface area contributed by atoms with Crippen LogP contribution in [0.2, 0.25) is 0 Å². The predicted molar refractivity (Wildman–Crippen MR) is 69.8 cm³/mol. The van der Waals surface area contributed by atoms with Crippen LogP contribution in [0.4, 0.5) is 8.78 Å². The Kier molecular flexibility index (Phi) is 3.31. The summed E-state index contributed by atoms with van der Waals surface area (Å²) in [4.78, 5) is 4.53. The lowest BCUT2D eigenvalue weighted by Crippen LogP contribution is -2.60. The maximum atomic E-state index is 13.2. The molecule has 0 bridgehead atoms. The van der Waals surface area contributed by atoms with Gasteiger partial charge in [-0.15, -0.1) is 0 Å². The van der Waals surface area contributed by atoms with Crippen molar-refractivity contribution in [1.82, 2.24) is 15.5 Å². The predicted octanol–water partition coefficient (Wildman–Crippen LogP) is 2.86. The van der Waals surface area contributed by atoms with Crippen LogP contribution >= 0.6 is 0 Å². The molecule has 0 spiro atoms. The van der Waals surface area contributed by atoms with Crippen LogP contribution in [-0.4, -0.2) is 29.2 Å². The third kappa shape index (κ3) is 2.24. The van der Waals surface area contributed by atoms with Crippen LogP contribution in [0, 0.1) is 5.92 Å². The second kappa shape index (κ2) is 4.76. The van der Waals surface area contributed by atoms with Crippen molar-refractivity contribution in [3.63, 3.8) is 0 Å². The van der Waals surface area contributed by atoms with E-state index in [1.54, 1.807) is 0 Å². The first-order valence-electron chi connectivity index (χ1n) is 7.36. The molecule has 2 heterocycles. The fourth-order valence-electron chi connectivity index (χ4n) is 3.10. The molecule has 0 unspecified atom stereocenters. The highest BCUT2D eigenvalue weighted by atomic mass is 19.3. The summed E-state index contributed by atoms with van der Waals surface area (Å²) in [5.74, 6) is -0.807. The van der Waals surface area contributed by atoms with Crippen LogP contribution in [0.5, 0.6) is 0 Å². The maximum absolute atomic E-state index is 13.2. The lowest BCUT2D eigenvalue weighted by molar-refractivity contribution is -0.0389. The molecule has 2 fully saturated rings. The van der Waals surface area contributed by atoms with Crippen molar-refractivity contribution >= 4 is 0 Å². The zero-order valence-electron chi connectivity index (χ0n) is 12.0. The van der Waals surface area contributed by atoms with E-state index in [9.17, 15) is 8.78 Å². The molecule has 20 heavy (non-hydrogen) atoms. The number of rotatable bonds is 3. The molecule has 0 atom stereocenters. The van der Waals surface area contributed by atoms with E-state index < -0.39 is 5.92 Å². The Morgan fingerprint density at radius 1 is 1.25 bits per heavy atom. The normalized spacial score (nSPS) is 25.6. The van der Waals surface area contributed by atoms with Gasteiger partial charge in [0.25, 0.3) is 0 Å². The number of alkyl halides is 2. The summed E-state index contributed by atoms with van der Waals surface area (Å²) < 4.78 is 31.8. The van der Waals surface area contributed by atoms with Crippen molar-refractivity contribution in [2.75, 3.05) is 13.1 Å². The van der Waals surface area contributed by atoms with Gasteiger partial charge in [-0.3, -0.25) is 0 Å². The number of aromatic nitrogens is 2. The van der Waals surface area contributed by atoms with Crippen LogP contribution in [-0.2, 0) is 5.41 Å². The van der Waals surface area contributed by atoms with Crippen LogP contribution in [0.25, 0.3) is 0 Å². The highest BCUT2D eigenvalue weighted by Crippen LogP contribution is 2.41. The minimum absolute atomic E-state index is 0.0179. The second-order valence-electron chi connectivity index (χ2n) is 6.50. The molecule has 1 aliphatic carbocycles. The van der Waals surface area contributed by atoms with E-state index in [4.69, 9.17) is 4.52 Å². The molecule has 3 rings (SSSR count). The Morgan fingerprint density at radius 2 is 1.90 bits per heavy atom. The molecule has 6 heteroatoms. The van der Waals surface area contributed by atoms with Crippen LogP contribution in [0.3, 0.4) is 0 Å². The Hall–Kier alpha value is -1.04. The third-order valence-corrected chi connectivity index (χ3v) is 4.94. The van der Waals surface area contributed by atoms with E-state index in [1.807, 2.05) is 0 Å². The topological polar surface area (TPSA) is 51.0 Å². The monoisotopic (exact) mass is 285 g/mol. The second-order valence-corrected chi connectivity index (χ2v) is 6.50. The molecule has 1 aromatic heterocycles. The van der Waals surface area contributed by atoms with Gasteiger partial charge in [0.05, 0.1) is 5.41 Å². The fraction of sp³-hybridized carbons (Fsp3) is 0.857. The largest absolute Gasteiger partial charge is 0.339 e. The SMILES string of the molecule is CC(C)C1(c2nc(C3CCC(F)(F)CC3)no2)CNC1. The van der Waals surface area contributed by atoms with Crippen molar-refractivity contribution in [3.05, 3.63) is 11.7 Å². The van der Waals surface area contributed by atoms with Gasteiger partial charge in [0.2, 0.25) is 11.8 Å². The van der Waals surface area contributed by atoms with E-state index in [2.05, 4.69) is 29.3 Å². The van der Waals surface area contributed by atoms with E-state index >= 15 is 0 Å². The van der Waals surface area contributed by atoms with E-state index in [-0.39, 0.29) is 24.2 Å². The highest BCUT2D eigenvalue weighted by molar-refractivity contribution is 5.16. The molecule has 0 radical (unpaired) electrons. The van der Waals surface area contributed by atoms with Gasteiger partial charge in [0, 0.05) is 31.8 Å². The molecule has 1 aliphatic heterocycles. The molecule has 4 nitrogen and oxygen atoms in total. The third-order valence-electron chi connectivity index (χ3n) is 4.94. The Morgan fingerprint density at radius 3 is 2.40 bits per heavy atom. The molecule has 2 aliphatic rings. The van der Waals surface area contributed by atoms with Gasteiger partial charge in [0.1, 0.15) is 0 Å². The minimum atomic E-state index is -2.51. The van der Waals surface area contributed by atoms with Crippen LogP contribution in [0.1, 0.15) is 57.2 Å². The quantitative estimate of drug-likeness (QED) is 0.927. The van der Waals surface area contributed by atoms with Gasteiger partial charge < -0.3 is 9.84 Å².